The van der Waals surface area contributed by atoms with E-state index >= 15 is 0 Å². The molecule has 2 atom stereocenters. The molecule has 0 spiro atoms. The average molecular weight is 418 g/mol. The number of amides is 1. The maximum Gasteiger partial charge on any atom is 0.270 e. The predicted molar refractivity (Wildman–Crippen MR) is 107 cm³/mol. The fraction of sp³-hybridized carbons (Fsp3) is 0.200. The van der Waals surface area contributed by atoms with Gasteiger partial charge in [-0.3, -0.25) is 4.79 Å². The largest absolute Gasteiger partial charge is 0.482 e. The van der Waals surface area contributed by atoms with Gasteiger partial charge in [0.15, 0.2) is 11.5 Å². The molecule has 2 heterocycles. The van der Waals surface area contributed by atoms with Gasteiger partial charge in [-0.15, -0.1) is 0 Å². The lowest BCUT2D eigenvalue weighted by molar-refractivity contribution is -0.128. The van der Waals surface area contributed by atoms with Crippen LogP contribution < -0.4 is 14.8 Å². The number of hydrogen-bond donors (Lipinski definition) is 1. The van der Waals surface area contributed by atoms with Gasteiger partial charge in [-0.25, -0.2) is 4.68 Å². The van der Waals surface area contributed by atoms with Gasteiger partial charge < -0.3 is 14.8 Å². The third-order valence-corrected chi connectivity index (χ3v) is 5.28. The van der Waals surface area contributed by atoms with Crippen LogP contribution in [-0.4, -0.2) is 27.9 Å². The Hall–Kier alpha value is -2.70. The van der Waals surface area contributed by atoms with Crippen LogP contribution in [0.15, 0.2) is 54.7 Å². The Morgan fingerprint density at radius 1 is 1.11 bits per heavy atom. The molecule has 4 rings (SSSR count). The molecular formula is C20H17Cl2N3O3. The van der Waals surface area contributed by atoms with Crippen LogP contribution in [0.1, 0.15) is 12.5 Å². The van der Waals surface area contributed by atoms with Gasteiger partial charge in [0.1, 0.15) is 11.9 Å². The minimum absolute atomic E-state index is 0.319. The Balaban J connectivity index is 1.50. The number of halogens is 2. The monoisotopic (exact) mass is 417 g/mol. The Kier molecular flexibility index (Phi) is 5.15. The number of para-hydroxylation sites is 2. The van der Waals surface area contributed by atoms with E-state index in [1.165, 1.54) is 0 Å². The smallest absolute Gasteiger partial charge is 0.270 e. The number of aromatic nitrogens is 2. The molecule has 0 unspecified atom stereocenters. The van der Waals surface area contributed by atoms with Crippen molar-refractivity contribution in [1.29, 1.82) is 0 Å². The molecule has 1 aliphatic rings. The van der Waals surface area contributed by atoms with E-state index in [1.54, 1.807) is 36.0 Å². The van der Waals surface area contributed by atoms with Crippen molar-refractivity contribution in [2.45, 2.75) is 25.7 Å². The quantitative estimate of drug-likeness (QED) is 0.682. The third kappa shape index (κ3) is 3.66. The van der Waals surface area contributed by atoms with Crippen molar-refractivity contribution >= 4 is 34.9 Å². The lowest BCUT2D eigenvalue weighted by Crippen LogP contribution is -2.46. The fourth-order valence-corrected chi connectivity index (χ4v) is 3.38. The van der Waals surface area contributed by atoms with E-state index in [-0.39, 0.29) is 5.91 Å². The van der Waals surface area contributed by atoms with Crippen LogP contribution >= 0.6 is 23.2 Å². The molecule has 144 valence electrons. The number of hydrogen-bond acceptors (Lipinski definition) is 4. The van der Waals surface area contributed by atoms with Crippen LogP contribution in [0.4, 0.5) is 5.82 Å². The van der Waals surface area contributed by atoms with Gasteiger partial charge in [0.2, 0.25) is 6.10 Å². The lowest BCUT2D eigenvalue weighted by atomic mass is 10.1. The Bertz CT molecular complexity index is 1020. The highest BCUT2D eigenvalue weighted by molar-refractivity contribution is 6.42. The van der Waals surface area contributed by atoms with E-state index < -0.39 is 12.2 Å². The first-order valence-corrected chi connectivity index (χ1v) is 9.46. The number of anilines is 1. The first-order valence-electron chi connectivity index (χ1n) is 8.71. The predicted octanol–water partition coefficient (Wildman–Crippen LogP) is 4.41. The van der Waals surface area contributed by atoms with E-state index in [1.807, 2.05) is 30.3 Å². The summed E-state index contributed by atoms with van der Waals surface area (Å²) in [5, 5.41) is 8.05. The zero-order valence-corrected chi connectivity index (χ0v) is 16.4. The van der Waals surface area contributed by atoms with E-state index in [0.29, 0.717) is 33.9 Å². The number of rotatable bonds is 4. The third-order valence-electron chi connectivity index (χ3n) is 4.42. The summed E-state index contributed by atoms with van der Waals surface area (Å²) in [6, 6.07) is 14.4. The molecule has 2 aromatic carbocycles. The van der Waals surface area contributed by atoms with Gasteiger partial charge in [0.25, 0.3) is 5.91 Å². The van der Waals surface area contributed by atoms with E-state index in [9.17, 15) is 4.79 Å². The van der Waals surface area contributed by atoms with Crippen molar-refractivity contribution in [1.82, 2.24) is 9.78 Å². The zero-order chi connectivity index (χ0) is 19.7. The average Bonchev–Trinajstić information content (AvgIpc) is 3.11. The summed E-state index contributed by atoms with van der Waals surface area (Å²) in [5.74, 6) is 1.37. The molecule has 1 N–H and O–H groups in total. The summed E-state index contributed by atoms with van der Waals surface area (Å²) in [4.78, 5) is 12.8. The van der Waals surface area contributed by atoms with Crippen molar-refractivity contribution in [3.05, 3.63) is 70.3 Å². The molecule has 28 heavy (non-hydrogen) atoms. The van der Waals surface area contributed by atoms with Gasteiger partial charge >= 0.3 is 0 Å². The SMILES string of the molecule is C[C@H]1Oc2ccccc2O[C@H]1C(=O)Nc1ccnn1Cc1cccc(Cl)c1Cl. The molecule has 0 fully saturated rings. The maximum absolute atomic E-state index is 12.8. The minimum Gasteiger partial charge on any atom is -0.482 e. The Labute approximate surface area is 172 Å². The number of ether oxygens (including phenoxy) is 2. The lowest BCUT2D eigenvalue weighted by Gasteiger charge is -2.31. The van der Waals surface area contributed by atoms with E-state index in [4.69, 9.17) is 32.7 Å². The number of carbonyl (C=O) groups excluding carboxylic acids is 1. The highest BCUT2D eigenvalue weighted by Gasteiger charge is 2.34. The highest BCUT2D eigenvalue weighted by Crippen LogP contribution is 2.33. The van der Waals surface area contributed by atoms with Gasteiger partial charge in [0, 0.05) is 6.07 Å². The summed E-state index contributed by atoms with van der Waals surface area (Å²) in [7, 11) is 0. The maximum atomic E-state index is 12.8. The van der Waals surface area contributed by atoms with Crippen LogP contribution in [0.3, 0.4) is 0 Å². The fourth-order valence-electron chi connectivity index (χ4n) is 3.00. The standard InChI is InChI=1S/C20H17Cl2N3O3/c1-12-19(28-16-8-3-2-7-15(16)27-12)20(26)24-17-9-10-23-25(17)11-13-5-4-6-14(21)18(13)22/h2-10,12,19H,11H2,1H3,(H,24,26)/t12-,19-/m1/s1. The van der Waals surface area contributed by atoms with E-state index in [2.05, 4.69) is 10.4 Å². The number of fused-ring (bicyclic) bond motifs is 1. The molecule has 3 aromatic rings. The zero-order valence-electron chi connectivity index (χ0n) is 14.9. The van der Waals surface area contributed by atoms with Crippen molar-refractivity contribution in [2.24, 2.45) is 0 Å². The molecule has 1 aliphatic heterocycles. The summed E-state index contributed by atoms with van der Waals surface area (Å²) in [6.45, 7) is 2.16. The number of nitrogens with one attached hydrogen (secondary N) is 1. The first-order chi connectivity index (χ1) is 13.5. The van der Waals surface area contributed by atoms with Gasteiger partial charge in [0.05, 0.1) is 22.8 Å². The highest BCUT2D eigenvalue weighted by atomic mass is 35.5. The number of benzene rings is 2. The van der Waals surface area contributed by atoms with Crippen LogP contribution in [0, 0.1) is 0 Å². The van der Waals surface area contributed by atoms with Gasteiger partial charge in [-0.2, -0.15) is 5.10 Å². The van der Waals surface area contributed by atoms with Crippen molar-refractivity contribution in [3.63, 3.8) is 0 Å². The summed E-state index contributed by atoms with van der Waals surface area (Å²) >= 11 is 12.3. The normalized spacial score (nSPS) is 18.0. The number of nitrogens with zero attached hydrogens (tertiary/aromatic N) is 2. The molecular weight excluding hydrogens is 401 g/mol. The van der Waals surface area contributed by atoms with E-state index in [0.717, 1.165) is 5.56 Å². The molecule has 6 nitrogen and oxygen atoms in total. The topological polar surface area (TPSA) is 65.4 Å². The van der Waals surface area contributed by atoms with Gasteiger partial charge in [-0.05, 0) is 30.7 Å². The van der Waals surface area contributed by atoms with Gasteiger partial charge in [-0.1, -0.05) is 47.5 Å². The number of carbonyl (C=O) groups is 1. The second-order valence-electron chi connectivity index (χ2n) is 6.38. The second-order valence-corrected chi connectivity index (χ2v) is 7.17. The summed E-state index contributed by atoms with van der Waals surface area (Å²) < 4.78 is 13.3. The van der Waals surface area contributed by atoms with Crippen LogP contribution in [0.2, 0.25) is 10.0 Å². The molecule has 0 saturated heterocycles. The van der Waals surface area contributed by atoms with Crippen molar-refractivity contribution in [3.8, 4) is 11.5 Å². The molecule has 1 aromatic heterocycles. The minimum atomic E-state index is -0.784. The first kappa shape index (κ1) is 18.7. The van der Waals surface area contributed by atoms with Crippen molar-refractivity contribution in [2.75, 3.05) is 5.32 Å². The molecule has 0 aliphatic carbocycles. The summed E-state index contributed by atoms with van der Waals surface area (Å²) in [6.07, 6.45) is 0.382. The molecule has 0 bridgehead atoms. The second kappa shape index (κ2) is 7.73. The Morgan fingerprint density at radius 3 is 2.64 bits per heavy atom. The van der Waals surface area contributed by atoms with Crippen LogP contribution in [0.5, 0.6) is 11.5 Å². The Morgan fingerprint density at radius 2 is 1.86 bits per heavy atom. The molecule has 1 amide bonds. The molecule has 0 saturated carbocycles. The molecule has 8 heteroatoms. The van der Waals surface area contributed by atoms with Crippen LogP contribution in [-0.2, 0) is 11.3 Å². The molecule has 0 radical (unpaired) electrons. The van der Waals surface area contributed by atoms with Crippen LogP contribution in [0.25, 0.3) is 0 Å². The van der Waals surface area contributed by atoms with Crippen molar-refractivity contribution < 1.29 is 14.3 Å². The summed E-state index contributed by atoms with van der Waals surface area (Å²) in [5.41, 5.74) is 0.799.